The van der Waals surface area contributed by atoms with Crippen molar-refractivity contribution in [2.24, 2.45) is 0 Å². The number of carbonyl (C=O) groups is 1. The van der Waals surface area contributed by atoms with Crippen LogP contribution in [0.25, 0.3) is 16.6 Å². The van der Waals surface area contributed by atoms with Gasteiger partial charge in [0.1, 0.15) is 11.3 Å². The van der Waals surface area contributed by atoms with Crippen LogP contribution in [0.4, 0.5) is 0 Å². The second-order valence-electron chi connectivity index (χ2n) is 7.71. The number of amides is 1. The Morgan fingerprint density at radius 2 is 2.00 bits per heavy atom. The summed E-state index contributed by atoms with van der Waals surface area (Å²) >= 11 is 0. The fourth-order valence-electron chi connectivity index (χ4n) is 3.82. The molecule has 0 radical (unpaired) electrons. The number of aryl methyl sites for hydroxylation is 3. The van der Waals surface area contributed by atoms with Crippen molar-refractivity contribution in [3.05, 3.63) is 70.5 Å². The van der Waals surface area contributed by atoms with Gasteiger partial charge in [0.2, 0.25) is 5.91 Å². The van der Waals surface area contributed by atoms with Crippen LogP contribution in [0.2, 0.25) is 0 Å². The minimum atomic E-state index is -0.177. The van der Waals surface area contributed by atoms with Crippen LogP contribution < -0.4 is 10.9 Å². The van der Waals surface area contributed by atoms with Gasteiger partial charge in [0.15, 0.2) is 5.58 Å². The topological polar surface area (TPSA) is 81.5 Å². The maximum absolute atomic E-state index is 12.8. The van der Waals surface area contributed by atoms with Crippen molar-refractivity contribution in [3.63, 3.8) is 0 Å². The first-order valence-corrected chi connectivity index (χ1v) is 10.3. The van der Waals surface area contributed by atoms with Crippen molar-refractivity contribution in [1.29, 1.82) is 0 Å². The molecule has 0 saturated carbocycles. The lowest BCUT2D eigenvalue weighted by molar-refractivity contribution is -0.121. The smallest absolute Gasteiger partial charge is 0.291 e. The third-order valence-electron chi connectivity index (χ3n) is 5.36. The third-order valence-corrected chi connectivity index (χ3v) is 5.36. The van der Waals surface area contributed by atoms with Gasteiger partial charge in [-0.05, 0) is 38.7 Å². The molecule has 3 heterocycles. The lowest BCUT2D eigenvalue weighted by Crippen LogP contribution is -2.33. The predicted octanol–water partition coefficient (Wildman–Crippen LogP) is 3.47. The molecule has 4 aromatic rings. The van der Waals surface area contributed by atoms with E-state index in [9.17, 15) is 9.59 Å². The number of hydrogen-bond donors (Lipinski definition) is 1. The minimum absolute atomic E-state index is 0.00149. The summed E-state index contributed by atoms with van der Waals surface area (Å²) in [6.45, 7) is 4.28. The maximum Gasteiger partial charge on any atom is 0.291 e. The summed E-state index contributed by atoms with van der Waals surface area (Å²) in [6.07, 6.45) is 4.33. The van der Waals surface area contributed by atoms with Crippen molar-refractivity contribution < 1.29 is 9.21 Å². The molecule has 0 fully saturated rings. The maximum atomic E-state index is 12.8. The summed E-state index contributed by atoms with van der Waals surface area (Å²) in [6, 6.07) is 13.9. The van der Waals surface area contributed by atoms with Crippen molar-refractivity contribution in [1.82, 2.24) is 19.5 Å². The Hall–Kier alpha value is -3.35. The SMILES string of the molecule is Cc1nn(CCCC(=O)NC(C)CCc2ccccc2)c(=O)c2cc3occc3n12. The molecule has 7 heteroatoms. The number of nitrogens with one attached hydrogen (secondary N) is 1. The van der Waals surface area contributed by atoms with E-state index in [2.05, 4.69) is 22.5 Å². The van der Waals surface area contributed by atoms with Crippen LogP contribution in [0.5, 0.6) is 0 Å². The van der Waals surface area contributed by atoms with Gasteiger partial charge in [0.05, 0.1) is 11.8 Å². The van der Waals surface area contributed by atoms with Gasteiger partial charge in [-0.1, -0.05) is 30.3 Å². The second-order valence-corrected chi connectivity index (χ2v) is 7.71. The zero-order chi connectivity index (χ0) is 21.1. The molecule has 1 unspecified atom stereocenters. The zero-order valence-electron chi connectivity index (χ0n) is 17.3. The number of aromatic nitrogens is 3. The van der Waals surface area contributed by atoms with Gasteiger partial charge in [0.25, 0.3) is 5.56 Å². The van der Waals surface area contributed by atoms with E-state index in [-0.39, 0.29) is 17.5 Å². The molecule has 30 heavy (non-hydrogen) atoms. The number of fused-ring (bicyclic) bond motifs is 3. The summed E-state index contributed by atoms with van der Waals surface area (Å²) in [7, 11) is 0. The highest BCUT2D eigenvalue weighted by molar-refractivity contribution is 5.82. The molecule has 3 aromatic heterocycles. The number of nitrogens with zero attached hydrogens (tertiary/aromatic N) is 3. The van der Waals surface area contributed by atoms with E-state index in [1.807, 2.05) is 38.1 Å². The fourth-order valence-corrected chi connectivity index (χ4v) is 3.82. The fraction of sp³-hybridized carbons (Fsp3) is 0.348. The van der Waals surface area contributed by atoms with Crippen LogP contribution in [-0.2, 0) is 17.8 Å². The van der Waals surface area contributed by atoms with Crippen molar-refractivity contribution in [2.75, 3.05) is 0 Å². The monoisotopic (exact) mass is 406 g/mol. The highest BCUT2D eigenvalue weighted by atomic mass is 16.3. The number of rotatable bonds is 8. The van der Waals surface area contributed by atoms with Crippen LogP contribution in [0.1, 0.15) is 37.6 Å². The average molecular weight is 406 g/mol. The normalized spacial score (nSPS) is 12.5. The zero-order valence-corrected chi connectivity index (χ0v) is 17.3. The van der Waals surface area contributed by atoms with E-state index >= 15 is 0 Å². The first-order valence-electron chi connectivity index (χ1n) is 10.3. The van der Waals surface area contributed by atoms with Crippen LogP contribution >= 0.6 is 0 Å². The molecule has 0 aliphatic rings. The molecule has 0 bridgehead atoms. The second kappa shape index (κ2) is 8.57. The first kappa shape index (κ1) is 19.9. The molecule has 0 saturated heterocycles. The molecular weight excluding hydrogens is 380 g/mol. The Labute approximate surface area is 174 Å². The Morgan fingerprint density at radius 3 is 2.80 bits per heavy atom. The molecule has 0 aliphatic carbocycles. The summed E-state index contributed by atoms with van der Waals surface area (Å²) in [4.78, 5) is 25.0. The molecule has 7 nitrogen and oxygen atoms in total. The summed E-state index contributed by atoms with van der Waals surface area (Å²) in [5, 5.41) is 7.46. The standard InChI is InChI=1S/C23H26N4O3/c1-16(10-11-18-7-4-3-5-8-18)24-22(28)9-6-13-26-23(29)20-15-21-19(12-14-30-21)27(20)17(2)25-26/h3-5,7-8,12,14-16H,6,9-11,13H2,1-2H3,(H,24,28). The quantitative estimate of drug-likeness (QED) is 0.486. The van der Waals surface area contributed by atoms with Gasteiger partial charge in [-0.2, -0.15) is 5.10 Å². The van der Waals surface area contributed by atoms with E-state index < -0.39 is 0 Å². The lowest BCUT2D eigenvalue weighted by atomic mass is 10.1. The molecule has 1 N–H and O–H groups in total. The highest BCUT2D eigenvalue weighted by Crippen LogP contribution is 2.20. The molecular formula is C23H26N4O3. The van der Waals surface area contributed by atoms with E-state index in [1.165, 1.54) is 10.2 Å². The number of furan rings is 1. The highest BCUT2D eigenvalue weighted by Gasteiger charge is 2.14. The number of benzene rings is 1. The Balaban J connectivity index is 1.31. The van der Waals surface area contributed by atoms with Gasteiger partial charge in [0, 0.05) is 31.1 Å². The van der Waals surface area contributed by atoms with Crippen LogP contribution in [0.3, 0.4) is 0 Å². The van der Waals surface area contributed by atoms with E-state index in [0.29, 0.717) is 36.3 Å². The van der Waals surface area contributed by atoms with Crippen molar-refractivity contribution >= 4 is 22.5 Å². The summed E-state index contributed by atoms with van der Waals surface area (Å²) in [5.74, 6) is 0.710. The molecule has 0 spiro atoms. The molecule has 4 rings (SSSR count). The molecule has 1 amide bonds. The Kier molecular flexibility index (Phi) is 5.70. The van der Waals surface area contributed by atoms with Gasteiger partial charge >= 0.3 is 0 Å². The van der Waals surface area contributed by atoms with E-state index in [1.54, 1.807) is 16.7 Å². The van der Waals surface area contributed by atoms with Crippen molar-refractivity contribution in [3.8, 4) is 0 Å². The van der Waals surface area contributed by atoms with Gasteiger partial charge in [-0.25, -0.2) is 4.68 Å². The summed E-state index contributed by atoms with van der Waals surface area (Å²) < 4.78 is 8.65. The van der Waals surface area contributed by atoms with Gasteiger partial charge in [-0.3, -0.25) is 14.0 Å². The Bertz CT molecular complexity index is 1220. The predicted molar refractivity (Wildman–Crippen MR) is 116 cm³/mol. The van der Waals surface area contributed by atoms with Crippen LogP contribution in [-0.4, -0.2) is 26.1 Å². The first-order chi connectivity index (χ1) is 14.5. The third kappa shape index (κ3) is 4.15. The average Bonchev–Trinajstić information content (AvgIpc) is 3.32. The molecule has 1 aromatic carbocycles. The number of hydrogen-bond acceptors (Lipinski definition) is 4. The molecule has 0 aliphatic heterocycles. The van der Waals surface area contributed by atoms with E-state index in [4.69, 9.17) is 4.42 Å². The van der Waals surface area contributed by atoms with E-state index in [0.717, 1.165) is 18.4 Å². The molecule has 156 valence electrons. The van der Waals surface area contributed by atoms with Gasteiger partial charge in [-0.15, -0.1) is 0 Å². The summed E-state index contributed by atoms with van der Waals surface area (Å²) in [5.41, 5.74) is 3.13. The minimum Gasteiger partial charge on any atom is -0.463 e. The van der Waals surface area contributed by atoms with Crippen LogP contribution in [0, 0.1) is 6.92 Å². The Morgan fingerprint density at radius 1 is 1.20 bits per heavy atom. The number of carbonyl (C=O) groups excluding carboxylic acids is 1. The molecule has 1 atom stereocenters. The largest absolute Gasteiger partial charge is 0.463 e. The lowest BCUT2D eigenvalue weighted by Gasteiger charge is -2.14. The van der Waals surface area contributed by atoms with Gasteiger partial charge < -0.3 is 9.73 Å². The van der Waals surface area contributed by atoms with Crippen molar-refractivity contribution in [2.45, 2.75) is 52.1 Å². The van der Waals surface area contributed by atoms with Crippen LogP contribution in [0.15, 0.2) is 57.9 Å².